The normalized spacial score (nSPS) is 14.9. The summed E-state index contributed by atoms with van der Waals surface area (Å²) in [4.78, 5) is 26.3. The number of hydrogen-bond donors (Lipinski definition) is 3. The first kappa shape index (κ1) is 24.2. The molecule has 4 N–H and O–H groups in total. The summed E-state index contributed by atoms with van der Waals surface area (Å²) in [5, 5.41) is 6.31. The molecule has 0 saturated carbocycles. The van der Waals surface area contributed by atoms with Crippen LogP contribution in [-0.4, -0.2) is 38.9 Å². The number of anilines is 2. The number of pyridine rings is 1. The van der Waals surface area contributed by atoms with Crippen molar-refractivity contribution in [3.8, 4) is 17.0 Å². The van der Waals surface area contributed by atoms with Crippen LogP contribution < -0.4 is 21.1 Å². The number of carbonyl (C=O) groups is 1. The molecule has 0 bridgehead atoms. The first-order valence-corrected chi connectivity index (χ1v) is 11.8. The number of aromatic nitrogens is 4. The zero-order valence-electron chi connectivity index (χ0n) is 20.5. The van der Waals surface area contributed by atoms with E-state index < -0.39 is 0 Å². The van der Waals surface area contributed by atoms with E-state index in [1.807, 2.05) is 43.5 Å². The Morgan fingerprint density at radius 1 is 1.23 bits per heavy atom. The highest BCUT2D eigenvalue weighted by Gasteiger charge is 2.25. The fourth-order valence-electron chi connectivity index (χ4n) is 4.19. The van der Waals surface area contributed by atoms with E-state index in [0.29, 0.717) is 28.6 Å². The van der Waals surface area contributed by atoms with Crippen LogP contribution in [0.25, 0.3) is 16.8 Å². The number of nitrogens with two attached hydrogens (primary N) is 1. The summed E-state index contributed by atoms with van der Waals surface area (Å²) < 4.78 is 7.56. The first-order chi connectivity index (χ1) is 17.0. The number of fused-ring (bicyclic) bond motifs is 1. The number of imidazole rings is 1. The third-order valence-corrected chi connectivity index (χ3v) is 5.85. The Hall–Kier alpha value is -3.98. The molecule has 9 heteroatoms. The molecular weight excluding hydrogens is 442 g/mol. The van der Waals surface area contributed by atoms with Crippen molar-refractivity contribution in [2.45, 2.75) is 39.7 Å². The van der Waals surface area contributed by atoms with Gasteiger partial charge >= 0.3 is 0 Å². The Kier molecular flexibility index (Phi) is 7.26. The lowest BCUT2D eigenvalue weighted by Crippen LogP contribution is -2.16. The molecule has 3 aromatic heterocycles. The molecule has 4 heterocycles. The quantitative estimate of drug-likeness (QED) is 0.393. The van der Waals surface area contributed by atoms with Crippen molar-refractivity contribution in [3.05, 3.63) is 65.9 Å². The molecule has 0 aliphatic carbocycles. The smallest absolute Gasteiger partial charge is 0.260 e. The van der Waals surface area contributed by atoms with E-state index in [2.05, 4.69) is 20.6 Å². The molecular formula is C26H31N7O2. The number of nitrogen functional groups attached to an aromatic ring is 1. The predicted octanol–water partition coefficient (Wildman–Crippen LogP) is 4.39. The Morgan fingerprint density at radius 3 is 2.74 bits per heavy atom. The molecule has 0 radical (unpaired) electrons. The molecule has 1 saturated heterocycles. The van der Waals surface area contributed by atoms with Gasteiger partial charge in [0.15, 0.2) is 0 Å². The van der Waals surface area contributed by atoms with E-state index in [4.69, 9.17) is 15.5 Å². The van der Waals surface area contributed by atoms with Gasteiger partial charge in [0.2, 0.25) is 0 Å². The van der Waals surface area contributed by atoms with Crippen LogP contribution >= 0.6 is 0 Å². The number of amides is 1. The average molecular weight is 474 g/mol. The van der Waals surface area contributed by atoms with Crippen LogP contribution in [-0.2, 0) is 0 Å². The van der Waals surface area contributed by atoms with Gasteiger partial charge in [-0.15, -0.1) is 0 Å². The van der Waals surface area contributed by atoms with Crippen molar-refractivity contribution in [3.63, 3.8) is 0 Å². The minimum Gasteiger partial charge on any atom is -0.496 e. The number of nitrogens with one attached hydrogen (secondary N) is 2. The monoisotopic (exact) mass is 473 g/mol. The summed E-state index contributed by atoms with van der Waals surface area (Å²) in [7, 11) is 1.54. The van der Waals surface area contributed by atoms with Crippen LogP contribution in [0, 0.1) is 6.92 Å². The molecule has 4 aromatic rings. The molecule has 182 valence electrons. The van der Waals surface area contributed by atoms with Crippen LogP contribution in [0.3, 0.4) is 0 Å². The molecule has 1 aliphatic heterocycles. The maximum atomic E-state index is 12.9. The van der Waals surface area contributed by atoms with E-state index >= 15 is 0 Å². The van der Waals surface area contributed by atoms with Gasteiger partial charge in [0.25, 0.3) is 5.91 Å². The second kappa shape index (κ2) is 10.5. The zero-order valence-corrected chi connectivity index (χ0v) is 20.5. The fraction of sp³-hybridized carbons (Fsp3) is 0.308. The van der Waals surface area contributed by atoms with Crippen molar-refractivity contribution in [1.82, 2.24) is 24.7 Å². The second-order valence-electron chi connectivity index (χ2n) is 8.09. The lowest BCUT2D eigenvalue weighted by molar-refractivity contribution is 0.102. The fourth-order valence-corrected chi connectivity index (χ4v) is 4.19. The van der Waals surface area contributed by atoms with Gasteiger partial charge in [-0.3, -0.25) is 9.20 Å². The first-order valence-electron chi connectivity index (χ1n) is 11.8. The van der Waals surface area contributed by atoms with Gasteiger partial charge in [0.1, 0.15) is 34.4 Å². The molecule has 1 atom stereocenters. The molecule has 1 aliphatic rings. The number of methoxy groups -OCH3 is 1. The number of hydrogen-bond acceptors (Lipinski definition) is 7. The summed E-state index contributed by atoms with van der Waals surface area (Å²) in [5.74, 6) is 1.90. The van der Waals surface area contributed by atoms with Crippen LogP contribution in [0.15, 0.2) is 48.9 Å². The Morgan fingerprint density at radius 2 is 2.06 bits per heavy atom. The van der Waals surface area contributed by atoms with Gasteiger partial charge in [-0.1, -0.05) is 26.0 Å². The molecule has 5 rings (SSSR count). The maximum Gasteiger partial charge on any atom is 0.260 e. The van der Waals surface area contributed by atoms with Gasteiger partial charge < -0.3 is 21.1 Å². The number of rotatable bonds is 5. The van der Waals surface area contributed by atoms with Crippen LogP contribution in [0.4, 0.5) is 11.6 Å². The summed E-state index contributed by atoms with van der Waals surface area (Å²) in [6.45, 7) is 6.90. The number of carbonyl (C=O) groups excluding carboxylic acids is 1. The van der Waals surface area contributed by atoms with Crippen LogP contribution in [0.2, 0.25) is 0 Å². The van der Waals surface area contributed by atoms with Gasteiger partial charge in [0, 0.05) is 24.2 Å². The van der Waals surface area contributed by atoms with Gasteiger partial charge in [0.05, 0.1) is 18.7 Å². The molecule has 35 heavy (non-hydrogen) atoms. The van der Waals surface area contributed by atoms with Crippen molar-refractivity contribution in [2.24, 2.45) is 0 Å². The molecule has 1 fully saturated rings. The van der Waals surface area contributed by atoms with Crippen molar-refractivity contribution in [2.75, 3.05) is 24.7 Å². The third kappa shape index (κ3) is 4.81. The maximum absolute atomic E-state index is 12.9. The number of nitrogens with zero attached hydrogens (tertiary/aromatic N) is 4. The lowest BCUT2D eigenvalue weighted by Gasteiger charge is -2.11. The minimum atomic E-state index is -0.304. The van der Waals surface area contributed by atoms with Crippen LogP contribution in [0.5, 0.6) is 5.75 Å². The van der Waals surface area contributed by atoms with Crippen molar-refractivity contribution < 1.29 is 9.53 Å². The highest BCUT2D eigenvalue weighted by atomic mass is 16.5. The van der Waals surface area contributed by atoms with Gasteiger partial charge in [-0.25, -0.2) is 15.0 Å². The summed E-state index contributed by atoms with van der Waals surface area (Å²) in [5.41, 5.74) is 9.91. The van der Waals surface area contributed by atoms with Gasteiger partial charge in [-0.05, 0) is 50.1 Å². The summed E-state index contributed by atoms with van der Waals surface area (Å²) in [6.07, 6.45) is 7.37. The van der Waals surface area contributed by atoms with E-state index in [1.165, 1.54) is 7.11 Å². The molecule has 1 amide bonds. The van der Waals surface area contributed by atoms with Gasteiger partial charge in [-0.2, -0.15) is 0 Å². The third-order valence-electron chi connectivity index (χ3n) is 5.85. The molecule has 9 nitrogen and oxygen atoms in total. The highest BCUT2D eigenvalue weighted by molar-refractivity contribution is 6.06. The summed E-state index contributed by atoms with van der Waals surface area (Å²) in [6, 6.07) is 9.19. The predicted molar refractivity (Wildman–Crippen MR) is 138 cm³/mol. The van der Waals surface area contributed by atoms with Crippen LogP contribution in [0.1, 0.15) is 54.5 Å². The number of ether oxygens (including phenoxy) is 1. The Bertz CT molecular complexity index is 1330. The van der Waals surface area contributed by atoms with Crippen molar-refractivity contribution in [1.29, 1.82) is 0 Å². The second-order valence-corrected chi connectivity index (χ2v) is 8.09. The van der Waals surface area contributed by atoms with E-state index in [0.717, 1.165) is 41.9 Å². The Balaban J connectivity index is 0.00000141. The lowest BCUT2D eigenvalue weighted by atomic mass is 10.1. The number of aryl methyl sites for hydroxylation is 1. The number of benzene rings is 1. The van der Waals surface area contributed by atoms with E-state index in [-0.39, 0.29) is 11.9 Å². The van der Waals surface area contributed by atoms with Crippen molar-refractivity contribution >= 4 is 23.1 Å². The average Bonchev–Trinajstić information content (AvgIpc) is 3.55. The zero-order chi connectivity index (χ0) is 24.9. The molecule has 1 unspecified atom stereocenters. The topological polar surface area (TPSA) is 119 Å². The minimum absolute atomic E-state index is 0.155. The molecule has 0 spiro atoms. The Labute approximate surface area is 204 Å². The molecule has 1 aromatic carbocycles. The van der Waals surface area contributed by atoms with E-state index in [1.54, 1.807) is 30.6 Å². The highest BCUT2D eigenvalue weighted by Crippen LogP contribution is 2.34. The SMILES string of the molecule is CC.COc1cc(-c2nc(C3CCCN3)n3ccnc(N)c23)ccc1C(=O)Nc1ccc(C)cn1. The largest absolute Gasteiger partial charge is 0.496 e. The standard InChI is InChI=1S/C24H25N7O2.C2H6/c1-14-5-8-19(28-13-14)29-24(32)16-7-6-15(12-18(16)33-2)20-21-22(25)27-10-11-31(21)23(30-20)17-4-3-9-26-17;1-2/h5-8,10-13,17,26H,3-4,9H2,1-2H3,(H2,25,27)(H,28,29,32);1-2H3. The summed E-state index contributed by atoms with van der Waals surface area (Å²) >= 11 is 0. The van der Waals surface area contributed by atoms with E-state index in [9.17, 15) is 4.79 Å².